The highest BCUT2D eigenvalue weighted by atomic mass is 19.3. The molecule has 1 saturated carbocycles. The van der Waals surface area contributed by atoms with Crippen molar-refractivity contribution in [1.29, 1.82) is 0 Å². The maximum atomic E-state index is 13.1. The van der Waals surface area contributed by atoms with Gasteiger partial charge in [0.25, 0.3) is 0 Å². The van der Waals surface area contributed by atoms with E-state index in [-0.39, 0.29) is 56.0 Å². The van der Waals surface area contributed by atoms with Crippen LogP contribution in [0, 0.1) is 5.92 Å². The van der Waals surface area contributed by atoms with E-state index in [1.165, 1.54) is 7.11 Å². The number of ether oxygens (including phenoxy) is 2. The molecule has 1 unspecified atom stereocenters. The molecule has 1 heterocycles. The molecule has 1 amide bonds. The molecule has 21 heavy (non-hydrogen) atoms. The molecule has 1 saturated heterocycles. The molecule has 2 rings (SSSR count). The van der Waals surface area contributed by atoms with Crippen LogP contribution in [0.1, 0.15) is 32.1 Å². The van der Waals surface area contributed by atoms with Gasteiger partial charge in [-0.1, -0.05) is 0 Å². The molecular weight excluding hydrogens is 284 g/mol. The standard InChI is InChI=1S/C14H21F2NO4/c1-20-12(18)8-11-9-17(6-7-21-11)13(19)10-2-4-14(15,16)5-3-10/h10-11H,2-9H2,1H3. The van der Waals surface area contributed by atoms with Crippen LogP contribution >= 0.6 is 0 Å². The molecule has 5 nitrogen and oxygen atoms in total. The van der Waals surface area contributed by atoms with Crippen molar-refractivity contribution < 1.29 is 27.8 Å². The van der Waals surface area contributed by atoms with E-state index in [1.807, 2.05) is 0 Å². The van der Waals surface area contributed by atoms with Crippen LogP contribution in [0.15, 0.2) is 0 Å². The fourth-order valence-electron chi connectivity index (χ4n) is 2.86. The first kappa shape index (κ1) is 16.1. The molecule has 0 spiro atoms. The van der Waals surface area contributed by atoms with Crippen LogP contribution < -0.4 is 0 Å². The third kappa shape index (κ3) is 4.36. The number of hydrogen-bond donors (Lipinski definition) is 0. The van der Waals surface area contributed by atoms with Gasteiger partial charge in [0.05, 0.1) is 26.2 Å². The fourth-order valence-corrected chi connectivity index (χ4v) is 2.86. The predicted octanol–water partition coefficient (Wildman–Crippen LogP) is 1.60. The quantitative estimate of drug-likeness (QED) is 0.743. The van der Waals surface area contributed by atoms with Crippen molar-refractivity contribution in [3.63, 3.8) is 0 Å². The van der Waals surface area contributed by atoms with Gasteiger partial charge in [0, 0.05) is 31.8 Å². The van der Waals surface area contributed by atoms with E-state index in [1.54, 1.807) is 4.90 Å². The minimum Gasteiger partial charge on any atom is -0.469 e. The minimum atomic E-state index is -2.63. The number of carbonyl (C=O) groups excluding carboxylic acids is 2. The summed E-state index contributed by atoms with van der Waals surface area (Å²) in [5.41, 5.74) is 0. The summed E-state index contributed by atoms with van der Waals surface area (Å²) in [4.78, 5) is 25.2. The van der Waals surface area contributed by atoms with Gasteiger partial charge in [0.15, 0.2) is 0 Å². The molecule has 2 fully saturated rings. The van der Waals surface area contributed by atoms with Crippen molar-refractivity contribution in [1.82, 2.24) is 4.90 Å². The average Bonchev–Trinajstić information content (AvgIpc) is 2.46. The fraction of sp³-hybridized carbons (Fsp3) is 0.857. The highest BCUT2D eigenvalue weighted by Crippen LogP contribution is 2.37. The predicted molar refractivity (Wildman–Crippen MR) is 69.9 cm³/mol. The van der Waals surface area contributed by atoms with E-state index >= 15 is 0 Å². The monoisotopic (exact) mass is 305 g/mol. The molecule has 1 atom stereocenters. The lowest BCUT2D eigenvalue weighted by molar-refractivity contribution is -0.153. The zero-order chi connectivity index (χ0) is 15.5. The van der Waals surface area contributed by atoms with Gasteiger partial charge in [0.1, 0.15) is 0 Å². The van der Waals surface area contributed by atoms with E-state index in [0.717, 1.165) is 0 Å². The molecule has 0 aromatic carbocycles. The molecule has 7 heteroatoms. The van der Waals surface area contributed by atoms with Crippen LogP contribution in [0.4, 0.5) is 8.78 Å². The second-order valence-corrected chi connectivity index (χ2v) is 5.69. The van der Waals surface area contributed by atoms with Crippen LogP contribution in [0.2, 0.25) is 0 Å². The second-order valence-electron chi connectivity index (χ2n) is 5.69. The summed E-state index contributed by atoms with van der Waals surface area (Å²) in [6.07, 6.45) is -0.266. The summed E-state index contributed by atoms with van der Waals surface area (Å²) in [6.45, 7) is 1.13. The van der Waals surface area contributed by atoms with Gasteiger partial charge in [-0.3, -0.25) is 9.59 Å². The summed E-state index contributed by atoms with van der Waals surface area (Å²) >= 11 is 0. The van der Waals surface area contributed by atoms with E-state index in [4.69, 9.17) is 4.74 Å². The molecule has 1 aliphatic carbocycles. The Labute approximate surface area is 122 Å². The Hall–Kier alpha value is -1.24. The Bertz CT molecular complexity index is 392. The normalized spacial score (nSPS) is 26.4. The van der Waals surface area contributed by atoms with E-state index < -0.39 is 5.92 Å². The Kier molecular flexibility index (Phi) is 5.13. The number of esters is 1. The van der Waals surface area contributed by atoms with Crippen molar-refractivity contribution in [3.8, 4) is 0 Å². The first-order chi connectivity index (χ1) is 9.91. The number of morpholine rings is 1. The van der Waals surface area contributed by atoms with Gasteiger partial charge >= 0.3 is 5.97 Å². The largest absolute Gasteiger partial charge is 0.469 e. The molecule has 0 aromatic rings. The lowest BCUT2D eigenvalue weighted by atomic mass is 9.85. The maximum Gasteiger partial charge on any atom is 0.308 e. The van der Waals surface area contributed by atoms with Crippen LogP contribution in [0.3, 0.4) is 0 Å². The van der Waals surface area contributed by atoms with Crippen LogP contribution in [0.5, 0.6) is 0 Å². The number of nitrogens with zero attached hydrogens (tertiary/aromatic N) is 1. The molecule has 0 N–H and O–H groups in total. The maximum absolute atomic E-state index is 13.1. The first-order valence-corrected chi connectivity index (χ1v) is 7.26. The van der Waals surface area contributed by atoms with Crippen molar-refractivity contribution in [2.75, 3.05) is 26.8 Å². The summed E-state index contributed by atoms with van der Waals surface area (Å²) in [5, 5.41) is 0. The van der Waals surface area contributed by atoms with Gasteiger partial charge in [-0.2, -0.15) is 0 Å². The highest BCUT2D eigenvalue weighted by Gasteiger charge is 2.39. The van der Waals surface area contributed by atoms with Crippen molar-refractivity contribution in [2.24, 2.45) is 5.92 Å². The SMILES string of the molecule is COC(=O)CC1CN(C(=O)C2CCC(F)(F)CC2)CCO1. The van der Waals surface area contributed by atoms with E-state index in [0.29, 0.717) is 19.7 Å². The highest BCUT2D eigenvalue weighted by molar-refractivity contribution is 5.79. The summed E-state index contributed by atoms with van der Waals surface area (Å²) in [5.74, 6) is -3.44. The number of hydrogen-bond acceptors (Lipinski definition) is 4. The Morgan fingerprint density at radius 1 is 1.33 bits per heavy atom. The van der Waals surface area contributed by atoms with Crippen LogP contribution in [0.25, 0.3) is 0 Å². The summed E-state index contributed by atoms with van der Waals surface area (Å²) < 4.78 is 36.3. The summed E-state index contributed by atoms with van der Waals surface area (Å²) in [7, 11) is 1.30. The number of amides is 1. The molecule has 0 radical (unpaired) electrons. The van der Waals surface area contributed by atoms with Gasteiger partial charge in [-0.15, -0.1) is 0 Å². The van der Waals surface area contributed by atoms with Crippen LogP contribution in [-0.2, 0) is 19.1 Å². The molecule has 120 valence electrons. The number of methoxy groups -OCH3 is 1. The Balaban J connectivity index is 1.86. The molecule has 1 aliphatic heterocycles. The third-order valence-corrected chi connectivity index (χ3v) is 4.14. The van der Waals surface area contributed by atoms with E-state index in [2.05, 4.69) is 4.74 Å². The average molecular weight is 305 g/mol. The van der Waals surface area contributed by atoms with Gasteiger partial charge < -0.3 is 14.4 Å². The Morgan fingerprint density at radius 3 is 2.62 bits per heavy atom. The van der Waals surface area contributed by atoms with Gasteiger partial charge in [-0.25, -0.2) is 8.78 Å². The van der Waals surface area contributed by atoms with Crippen molar-refractivity contribution in [2.45, 2.75) is 44.1 Å². The molecule has 2 aliphatic rings. The third-order valence-electron chi connectivity index (χ3n) is 4.14. The molecule has 0 bridgehead atoms. The zero-order valence-corrected chi connectivity index (χ0v) is 12.1. The number of halogens is 2. The smallest absolute Gasteiger partial charge is 0.308 e. The lowest BCUT2D eigenvalue weighted by Crippen LogP contribution is -2.49. The van der Waals surface area contributed by atoms with Crippen LogP contribution in [-0.4, -0.2) is 55.6 Å². The number of rotatable bonds is 3. The Morgan fingerprint density at radius 2 is 2.00 bits per heavy atom. The minimum absolute atomic E-state index is 0.0938. The van der Waals surface area contributed by atoms with Crippen molar-refractivity contribution >= 4 is 11.9 Å². The second kappa shape index (κ2) is 6.68. The lowest BCUT2D eigenvalue weighted by Gasteiger charge is -2.36. The molecule has 0 aromatic heterocycles. The van der Waals surface area contributed by atoms with Gasteiger partial charge in [-0.05, 0) is 12.8 Å². The summed E-state index contributed by atoms with van der Waals surface area (Å²) in [6, 6.07) is 0. The van der Waals surface area contributed by atoms with Gasteiger partial charge in [0.2, 0.25) is 11.8 Å². The van der Waals surface area contributed by atoms with Crippen molar-refractivity contribution in [3.05, 3.63) is 0 Å². The van der Waals surface area contributed by atoms with E-state index in [9.17, 15) is 18.4 Å². The first-order valence-electron chi connectivity index (χ1n) is 7.26. The topological polar surface area (TPSA) is 55.8 Å². The molecular formula is C14H21F2NO4. The number of carbonyl (C=O) groups is 2. The number of alkyl halides is 2. The zero-order valence-electron chi connectivity index (χ0n) is 12.1.